The topological polar surface area (TPSA) is 12.9 Å². The van der Waals surface area contributed by atoms with Crippen LogP contribution in [0.5, 0.6) is 0 Å². The molecule has 2 rings (SSSR count). The van der Waals surface area contributed by atoms with Gasteiger partial charge in [0, 0.05) is 18.3 Å². The Morgan fingerprint density at radius 2 is 1.79 bits per heavy atom. The lowest BCUT2D eigenvalue weighted by molar-refractivity contribution is 0.588. The van der Waals surface area contributed by atoms with Crippen LogP contribution in [0.25, 0.3) is 0 Å². The molecule has 1 heteroatoms. The highest BCUT2D eigenvalue weighted by atomic mass is 14.7. The molecule has 100 valence electrons. The van der Waals surface area contributed by atoms with Gasteiger partial charge in [-0.15, -0.1) is 0 Å². The summed E-state index contributed by atoms with van der Waals surface area (Å²) in [5.41, 5.74) is 4.03. The van der Waals surface area contributed by atoms with Gasteiger partial charge in [0.25, 0.3) is 0 Å². The van der Waals surface area contributed by atoms with Crippen LogP contribution in [0.2, 0.25) is 0 Å². The first-order valence-corrected chi connectivity index (χ1v) is 7.32. The maximum atomic E-state index is 4.63. The van der Waals surface area contributed by atoms with E-state index in [2.05, 4.69) is 61.3 Å². The standard InChI is InChI=1S/C18H23N/c1-3-9-16(4-2)17-12-8-13-19-18(17)14-15-10-6-5-7-11-15/h5-8,10-13,16H,3-4,9,14H2,1-2H3. The zero-order valence-electron chi connectivity index (χ0n) is 12.0. The molecular formula is C18H23N. The van der Waals surface area contributed by atoms with Crippen molar-refractivity contribution in [2.24, 2.45) is 0 Å². The van der Waals surface area contributed by atoms with E-state index in [1.165, 1.54) is 36.1 Å². The molecule has 0 saturated carbocycles. The number of pyridine rings is 1. The van der Waals surface area contributed by atoms with Crippen molar-refractivity contribution in [3.8, 4) is 0 Å². The lowest BCUT2D eigenvalue weighted by Gasteiger charge is -2.17. The van der Waals surface area contributed by atoms with E-state index in [4.69, 9.17) is 0 Å². The summed E-state index contributed by atoms with van der Waals surface area (Å²) in [6, 6.07) is 15.0. The number of benzene rings is 1. The van der Waals surface area contributed by atoms with Gasteiger partial charge in [-0.2, -0.15) is 0 Å². The third kappa shape index (κ3) is 3.66. The van der Waals surface area contributed by atoms with Crippen molar-refractivity contribution < 1.29 is 0 Å². The third-order valence-electron chi connectivity index (χ3n) is 3.71. The fourth-order valence-electron chi connectivity index (χ4n) is 2.69. The van der Waals surface area contributed by atoms with E-state index >= 15 is 0 Å². The molecule has 2 aromatic rings. The minimum absolute atomic E-state index is 0.650. The zero-order chi connectivity index (χ0) is 13.5. The summed E-state index contributed by atoms with van der Waals surface area (Å²) in [5.74, 6) is 0.650. The molecule has 1 aromatic carbocycles. The smallest absolute Gasteiger partial charge is 0.0482 e. The quantitative estimate of drug-likeness (QED) is 0.708. The monoisotopic (exact) mass is 253 g/mol. The van der Waals surface area contributed by atoms with Gasteiger partial charge in [0.1, 0.15) is 0 Å². The molecule has 1 nitrogen and oxygen atoms in total. The van der Waals surface area contributed by atoms with Gasteiger partial charge < -0.3 is 0 Å². The first-order valence-electron chi connectivity index (χ1n) is 7.32. The van der Waals surface area contributed by atoms with E-state index in [1.807, 2.05) is 6.20 Å². The Kier molecular flexibility index (Phi) is 5.14. The molecule has 0 saturated heterocycles. The van der Waals surface area contributed by atoms with Crippen LogP contribution in [0, 0.1) is 0 Å². The van der Waals surface area contributed by atoms with Crippen LogP contribution in [-0.4, -0.2) is 4.98 Å². The molecule has 19 heavy (non-hydrogen) atoms. The number of aromatic nitrogens is 1. The molecule has 1 aromatic heterocycles. The van der Waals surface area contributed by atoms with Crippen molar-refractivity contribution in [1.82, 2.24) is 4.98 Å². The second kappa shape index (κ2) is 7.08. The molecule has 0 bridgehead atoms. The molecule has 1 atom stereocenters. The minimum atomic E-state index is 0.650. The van der Waals surface area contributed by atoms with Crippen molar-refractivity contribution in [3.05, 3.63) is 65.5 Å². The van der Waals surface area contributed by atoms with Crippen LogP contribution in [0.1, 0.15) is 55.8 Å². The van der Waals surface area contributed by atoms with Crippen molar-refractivity contribution in [2.45, 2.75) is 45.4 Å². The van der Waals surface area contributed by atoms with Gasteiger partial charge in [-0.1, -0.05) is 56.7 Å². The summed E-state index contributed by atoms with van der Waals surface area (Å²) < 4.78 is 0. The summed E-state index contributed by atoms with van der Waals surface area (Å²) in [6.07, 6.45) is 6.54. The fourth-order valence-corrected chi connectivity index (χ4v) is 2.69. The molecule has 0 aliphatic carbocycles. The van der Waals surface area contributed by atoms with E-state index in [9.17, 15) is 0 Å². The lowest BCUT2D eigenvalue weighted by Crippen LogP contribution is -2.04. The highest BCUT2D eigenvalue weighted by molar-refractivity contribution is 5.30. The second-order valence-corrected chi connectivity index (χ2v) is 5.10. The van der Waals surface area contributed by atoms with Gasteiger partial charge in [0.05, 0.1) is 0 Å². The number of hydrogen-bond donors (Lipinski definition) is 0. The van der Waals surface area contributed by atoms with Gasteiger partial charge in [-0.3, -0.25) is 4.98 Å². The SMILES string of the molecule is CCCC(CC)c1cccnc1Cc1ccccc1. The normalized spacial score (nSPS) is 12.3. The van der Waals surface area contributed by atoms with Gasteiger partial charge in [0.2, 0.25) is 0 Å². The Hall–Kier alpha value is -1.63. The summed E-state index contributed by atoms with van der Waals surface area (Å²) in [5, 5.41) is 0. The Morgan fingerprint density at radius 1 is 1.00 bits per heavy atom. The van der Waals surface area contributed by atoms with Crippen LogP contribution in [0.3, 0.4) is 0 Å². The molecule has 0 aliphatic heterocycles. The Morgan fingerprint density at radius 3 is 2.47 bits per heavy atom. The molecule has 0 N–H and O–H groups in total. The highest BCUT2D eigenvalue weighted by Gasteiger charge is 2.13. The molecule has 0 aliphatic rings. The van der Waals surface area contributed by atoms with Crippen LogP contribution < -0.4 is 0 Å². The molecular weight excluding hydrogens is 230 g/mol. The molecule has 0 fully saturated rings. The van der Waals surface area contributed by atoms with E-state index in [0.29, 0.717) is 5.92 Å². The van der Waals surface area contributed by atoms with Crippen LogP contribution >= 0.6 is 0 Å². The maximum absolute atomic E-state index is 4.63. The van der Waals surface area contributed by atoms with Gasteiger partial charge in [0.15, 0.2) is 0 Å². The van der Waals surface area contributed by atoms with Gasteiger partial charge >= 0.3 is 0 Å². The zero-order valence-corrected chi connectivity index (χ0v) is 12.0. The van der Waals surface area contributed by atoms with E-state index in [-0.39, 0.29) is 0 Å². The van der Waals surface area contributed by atoms with Crippen LogP contribution in [0.4, 0.5) is 0 Å². The molecule has 0 spiro atoms. The third-order valence-corrected chi connectivity index (χ3v) is 3.71. The van der Waals surface area contributed by atoms with Crippen molar-refractivity contribution in [1.29, 1.82) is 0 Å². The fraction of sp³-hybridized carbons (Fsp3) is 0.389. The first kappa shape index (κ1) is 13.8. The summed E-state index contributed by atoms with van der Waals surface area (Å²) in [4.78, 5) is 4.63. The van der Waals surface area contributed by atoms with Gasteiger partial charge in [-0.25, -0.2) is 0 Å². The highest BCUT2D eigenvalue weighted by Crippen LogP contribution is 2.27. The Bertz CT molecular complexity index is 490. The molecule has 1 heterocycles. The minimum Gasteiger partial charge on any atom is -0.261 e. The largest absolute Gasteiger partial charge is 0.261 e. The van der Waals surface area contributed by atoms with E-state index in [0.717, 1.165) is 6.42 Å². The van der Waals surface area contributed by atoms with Gasteiger partial charge in [-0.05, 0) is 36.0 Å². The maximum Gasteiger partial charge on any atom is 0.0482 e. The predicted molar refractivity (Wildman–Crippen MR) is 81.4 cm³/mol. The molecule has 0 radical (unpaired) electrons. The molecule has 0 amide bonds. The summed E-state index contributed by atoms with van der Waals surface area (Å²) >= 11 is 0. The van der Waals surface area contributed by atoms with E-state index < -0.39 is 0 Å². The Balaban J connectivity index is 2.25. The van der Waals surface area contributed by atoms with Crippen molar-refractivity contribution >= 4 is 0 Å². The summed E-state index contributed by atoms with van der Waals surface area (Å²) in [7, 11) is 0. The number of nitrogens with zero attached hydrogens (tertiary/aromatic N) is 1. The molecule has 1 unspecified atom stereocenters. The van der Waals surface area contributed by atoms with Crippen LogP contribution in [-0.2, 0) is 6.42 Å². The van der Waals surface area contributed by atoms with Crippen LogP contribution in [0.15, 0.2) is 48.7 Å². The average molecular weight is 253 g/mol. The predicted octanol–water partition coefficient (Wildman–Crippen LogP) is 4.97. The average Bonchev–Trinajstić information content (AvgIpc) is 2.47. The van der Waals surface area contributed by atoms with Crippen molar-refractivity contribution in [3.63, 3.8) is 0 Å². The Labute approximate surface area is 116 Å². The lowest BCUT2D eigenvalue weighted by atomic mass is 9.89. The number of hydrogen-bond acceptors (Lipinski definition) is 1. The second-order valence-electron chi connectivity index (χ2n) is 5.10. The van der Waals surface area contributed by atoms with Crippen molar-refractivity contribution in [2.75, 3.05) is 0 Å². The summed E-state index contributed by atoms with van der Waals surface area (Å²) in [6.45, 7) is 4.54. The first-order chi connectivity index (χ1) is 9.35. The number of rotatable bonds is 6. The van der Waals surface area contributed by atoms with E-state index in [1.54, 1.807) is 0 Å².